The summed E-state index contributed by atoms with van der Waals surface area (Å²) in [5, 5.41) is 8.13. The third-order valence-corrected chi connectivity index (χ3v) is 5.00. The van der Waals surface area contributed by atoms with Crippen molar-refractivity contribution < 1.29 is 14.3 Å². The number of nitrogens with one attached hydrogen (secondary N) is 2. The van der Waals surface area contributed by atoms with Crippen LogP contribution in [0.5, 0.6) is 5.75 Å². The number of carbonyl (C=O) groups excluding carboxylic acids is 1. The van der Waals surface area contributed by atoms with E-state index in [0.717, 1.165) is 48.1 Å². The SMILES string of the molecule is COc1ccc2cc(CNC(=O)NCCCN3C[C@@H](C)O[C@@H](C)C3)ccc2c1. The van der Waals surface area contributed by atoms with Crippen LogP contribution in [0.15, 0.2) is 36.4 Å². The zero-order valence-electron chi connectivity index (χ0n) is 17.0. The molecule has 2 atom stereocenters. The minimum Gasteiger partial charge on any atom is -0.497 e. The van der Waals surface area contributed by atoms with Gasteiger partial charge in [-0.3, -0.25) is 4.90 Å². The normalized spacial score (nSPS) is 20.1. The van der Waals surface area contributed by atoms with Crippen LogP contribution in [-0.2, 0) is 11.3 Å². The molecule has 6 heteroatoms. The molecular formula is C22H31N3O3. The van der Waals surface area contributed by atoms with E-state index in [9.17, 15) is 4.79 Å². The molecule has 2 N–H and O–H groups in total. The lowest BCUT2D eigenvalue weighted by Gasteiger charge is -2.35. The van der Waals surface area contributed by atoms with Crippen molar-refractivity contribution >= 4 is 16.8 Å². The second-order valence-electron chi connectivity index (χ2n) is 7.53. The van der Waals surface area contributed by atoms with Gasteiger partial charge in [-0.1, -0.05) is 18.2 Å². The average molecular weight is 386 g/mol. The van der Waals surface area contributed by atoms with Crippen LogP contribution in [0, 0.1) is 0 Å². The lowest BCUT2D eigenvalue weighted by atomic mass is 10.1. The Hall–Kier alpha value is -2.31. The van der Waals surface area contributed by atoms with Crippen LogP contribution < -0.4 is 15.4 Å². The van der Waals surface area contributed by atoms with Crippen molar-refractivity contribution in [3.63, 3.8) is 0 Å². The Kier molecular flexibility index (Phi) is 7.12. The van der Waals surface area contributed by atoms with Gasteiger partial charge in [-0.25, -0.2) is 4.79 Å². The summed E-state index contributed by atoms with van der Waals surface area (Å²) in [6.07, 6.45) is 1.50. The summed E-state index contributed by atoms with van der Waals surface area (Å²) in [4.78, 5) is 14.5. The molecule has 0 spiro atoms. The van der Waals surface area contributed by atoms with Gasteiger partial charge in [-0.2, -0.15) is 0 Å². The summed E-state index contributed by atoms with van der Waals surface area (Å²) < 4.78 is 11.0. The largest absolute Gasteiger partial charge is 0.497 e. The first-order chi connectivity index (χ1) is 13.5. The number of morpholine rings is 1. The first kappa shape index (κ1) is 20.4. The van der Waals surface area contributed by atoms with Crippen molar-refractivity contribution in [2.24, 2.45) is 0 Å². The van der Waals surface area contributed by atoms with E-state index in [1.807, 2.05) is 24.3 Å². The zero-order chi connectivity index (χ0) is 19.9. The van der Waals surface area contributed by atoms with E-state index in [1.54, 1.807) is 7.11 Å². The van der Waals surface area contributed by atoms with Crippen molar-refractivity contribution in [2.45, 2.75) is 39.0 Å². The van der Waals surface area contributed by atoms with Crippen molar-refractivity contribution in [1.82, 2.24) is 15.5 Å². The topological polar surface area (TPSA) is 62.8 Å². The van der Waals surface area contributed by atoms with Crippen molar-refractivity contribution in [3.8, 4) is 5.75 Å². The molecule has 28 heavy (non-hydrogen) atoms. The van der Waals surface area contributed by atoms with Crippen LogP contribution in [-0.4, -0.2) is 56.4 Å². The van der Waals surface area contributed by atoms with Gasteiger partial charge in [-0.05, 0) is 54.8 Å². The lowest BCUT2D eigenvalue weighted by molar-refractivity contribution is -0.0679. The lowest BCUT2D eigenvalue weighted by Crippen LogP contribution is -2.46. The number of amides is 2. The van der Waals surface area contributed by atoms with E-state index < -0.39 is 0 Å². The summed E-state index contributed by atoms with van der Waals surface area (Å²) in [6.45, 7) is 8.30. The number of hydrogen-bond acceptors (Lipinski definition) is 4. The van der Waals surface area contributed by atoms with Crippen LogP contribution in [0.3, 0.4) is 0 Å². The molecule has 0 radical (unpaired) electrons. The van der Waals surface area contributed by atoms with Crippen LogP contribution in [0.2, 0.25) is 0 Å². The Morgan fingerprint density at radius 3 is 2.57 bits per heavy atom. The molecule has 0 bridgehead atoms. The summed E-state index contributed by atoms with van der Waals surface area (Å²) in [5.41, 5.74) is 1.07. The van der Waals surface area contributed by atoms with E-state index in [2.05, 4.69) is 41.5 Å². The highest BCUT2D eigenvalue weighted by Crippen LogP contribution is 2.21. The Balaban J connectivity index is 1.38. The van der Waals surface area contributed by atoms with Gasteiger partial charge in [0.25, 0.3) is 0 Å². The molecule has 1 heterocycles. The number of ether oxygens (including phenoxy) is 2. The zero-order valence-corrected chi connectivity index (χ0v) is 17.0. The standard InChI is InChI=1S/C22H31N3O3/c1-16-14-25(15-17(2)28-16)10-4-9-23-22(26)24-13-18-5-6-20-12-21(27-3)8-7-19(20)11-18/h5-8,11-12,16-17H,4,9-10,13-15H2,1-3H3,(H2,23,24,26)/t16-,17+. The quantitative estimate of drug-likeness (QED) is 0.719. The Morgan fingerprint density at radius 1 is 1.11 bits per heavy atom. The fraction of sp³-hybridized carbons (Fsp3) is 0.500. The van der Waals surface area contributed by atoms with E-state index in [-0.39, 0.29) is 18.2 Å². The predicted molar refractivity (Wildman–Crippen MR) is 112 cm³/mol. The number of hydrogen-bond donors (Lipinski definition) is 2. The van der Waals surface area contributed by atoms with Gasteiger partial charge in [0.2, 0.25) is 0 Å². The number of carbonyl (C=O) groups is 1. The van der Waals surface area contributed by atoms with Crippen LogP contribution in [0.1, 0.15) is 25.8 Å². The van der Waals surface area contributed by atoms with E-state index in [0.29, 0.717) is 13.1 Å². The van der Waals surface area contributed by atoms with Gasteiger partial charge in [0, 0.05) is 32.7 Å². The predicted octanol–water partition coefficient (Wildman–Crippen LogP) is 3.15. The highest BCUT2D eigenvalue weighted by Gasteiger charge is 2.21. The molecular weight excluding hydrogens is 354 g/mol. The average Bonchev–Trinajstić information content (AvgIpc) is 2.68. The molecule has 0 unspecified atom stereocenters. The monoisotopic (exact) mass is 385 g/mol. The Morgan fingerprint density at radius 2 is 1.82 bits per heavy atom. The molecule has 2 aromatic rings. The van der Waals surface area contributed by atoms with Gasteiger partial charge in [-0.15, -0.1) is 0 Å². The first-order valence-electron chi connectivity index (χ1n) is 9.99. The number of nitrogens with zero attached hydrogens (tertiary/aromatic N) is 1. The molecule has 2 amide bonds. The van der Waals surface area contributed by atoms with Gasteiger partial charge in [0.05, 0.1) is 19.3 Å². The van der Waals surface area contributed by atoms with E-state index in [1.165, 1.54) is 0 Å². The number of benzene rings is 2. The van der Waals surface area contributed by atoms with E-state index in [4.69, 9.17) is 9.47 Å². The maximum Gasteiger partial charge on any atom is 0.315 e. The molecule has 1 aliphatic heterocycles. The van der Waals surface area contributed by atoms with Crippen molar-refractivity contribution in [3.05, 3.63) is 42.0 Å². The number of rotatable bonds is 7. The summed E-state index contributed by atoms with van der Waals surface area (Å²) in [7, 11) is 1.67. The number of fused-ring (bicyclic) bond motifs is 1. The Bertz CT molecular complexity index is 786. The summed E-state index contributed by atoms with van der Waals surface area (Å²) >= 11 is 0. The second kappa shape index (κ2) is 9.75. The first-order valence-corrected chi connectivity index (χ1v) is 9.99. The number of methoxy groups -OCH3 is 1. The van der Waals surface area contributed by atoms with Crippen molar-refractivity contribution in [1.29, 1.82) is 0 Å². The summed E-state index contributed by atoms with van der Waals surface area (Å²) in [6, 6.07) is 12.0. The molecule has 1 fully saturated rings. The molecule has 152 valence electrons. The third kappa shape index (κ3) is 5.84. The van der Waals surface area contributed by atoms with E-state index >= 15 is 0 Å². The molecule has 1 saturated heterocycles. The Labute approximate surface area is 167 Å². The molecule has 0 saturated carbocycles. The molecule has 2 aromatic carbocycles. The molecule has 3 rings (SSSR count). The summed E-state index contributed by atoms with van der Waals surface area (Å²) in [5.74, 6) is 0.846. The van der Waals surface area contributed by atoms with Gasteiger partial charge < -0.3 is 20.1 Å². The minimum absolute atomic E-state index is 0.126. The second-order valence-corrected chi connectivity index (χ2v) is 7.53. The fourth-order valence-electron chi connectivity index (χ4n) is 3.73. The van der Waals surface area contributed by atoms with Gasteiger partial charge >= 0.3 is 6.03 Å². The maximum absolute atomic E-state index is 12.0. The van der Waals surface area contributed by atoms with Gasteiger partial charge in [0.1, 0.15) is 5.75 Å². The molecule has 6 nitrogen and oxygen atoms in total. The number of urea groups is 1. The highest BCUT2D eigenvalue weighted by atomic mass is 16.5. The van der Waals surface area contributed by atoms with Crippen LogP contribution in [0.4, 0.5) is 4.79 Å². The smallest absolute Gasteiger partial charge is 0.315 e. The molecule has 0 aromatic heterocycles. The maximum atomic E-state index is 12.0. The van der Waals surface area contributed by atoms with Gasteiger partial charge in [0.15, 0.2) is 0 Å². The highest BCUT2D eigenvalue weighted by molar-refractivity contribution is 5.84. The molecule has 0 aliphatic carbocycles. The van der Waals surface area contributed by atoms with Crippen molar-refractivity contribution in [2.75, 3.05) is 33.3 Å². The minimum atomic E-state index is -0.126. The van der Waals surface area contributed by atoms with Crippen LogP contribution in [0.25, 0.3) is 10.8 Å². The fourth-order valence-corrected chi connectivity index (χ4v) is 3.73. The molecule has 1 aliphatic rings. The van der Waals surface area contributed by atoms with Crippen LogP contribution >= 0.6 is 0 Å². The third-order valence-electron chi connectivity index (χ3n) is 5.00.